The van der Waals surface area contributed by atoms with Crippen LogP contribution in [0.5, 0.6) is 0 Å². The molecule has 0 aliphatic carbocycles. The Hall–Kier alpha value is -2.41. The van der Waals surface area contributed by atoms with Crippen LogP contribution in [0, 0.1) is 0 Å². The predicted octanol–water partition coefficient (Wildman–Crippen LogP) is 1.17. The molecule has 0 bridgehead atoms. The number of esters is 1. The molecule has 0 saturated carbocycles. The molecule has 1 atom stereocenters. The Morgan fingerprint density at radius 2 is 1.78 bits per heavy atom. The van der Waals surface area contributed by atoms with Gasteiger partial charge >= 0.3 is 5.97 Å². The number of hydrogen-bond acceptors (Lipinski definition) is 5. The summed E-state index contributed by atoms with van der Waals surface area (Å²) in [6.45, 7) is 6.07. The van der Waals surface area contributed by atoms with Crippen molar-refractivity contribution in [2.24, 2.45) is 0 Å². The number of carbonyl (C=O) groups excluding carboxylic acids is 3. The topological polar surface area (TPSA) is 96.5 Å². The molecule has 0 heterocycles. The van der Waals surface area contributed by atoms with Gasteiger partial charge in [0.25, 0.3) is 0 Å². The van der Waals surface area contributed by atoms with E-state index in [9.17, 15) is 14.4 Å². The number of amides is 2. The average molecular weight is 377 g/mol. The zero-order valence-electron chi connectivity index (χ0n) is 16.6. The van der Waals surface area contributed by atoms with Crippen LogP contribution >= 0.6 is 0 Å². The molecule has 2 amide bonds. The molecule has 0 saturated heterocycles. The minimum Gasteiger partial charge on any atom is -0.460 e. The second-order valence-electron chi connectivity index (χ2n) is 7.29. The summed E-state index contributed by atoms with van der Waals surface area (Å²) in [7, 11) is 1.54. The summed E-state index contributed by atoms with van der Waals surface area (Å²) >= 11 is 0. The lowest BCUT2D eigenvalue weighted by Gasteiger charge is -2.19. The van der Waals surface area contributed by atoms with Crippen LogP contribution in [0.3, 0.4) is 0 Å². The van der Waals surface area contributed by atoms with E-state index in [-0.39, 0.29) is 24.3 Å². The highest BCUT2D eigenvalue weighted by Crippen LogP contribution is 2.08. The number of hydrogen-bond donors (Lipinski definition) is 3. The molecule has 0 spiro atoms. The SMILES string of the molecule is CNC(=O)[C@H](Cc1ccccc1)NC(=O)CNCCCC(=O)OC(C)(C)C. The Labute approximate surface area is 161 Å². The van der Waals surface area contributed by atoms with Crippen molar-refractivity contribution in [1.82, 2.24) is 16.0 Å². The fraction of sp³-hybridized carbons (Fsp3) is 0.550. The van der Waals surface area contributed by atoms with Crippen LogP contribution in [0.25, 0.3) is 0 Å². The Morgan fingerprint density at radius 1 is 1.11 bits per heavy atom. The molecule has 7 heteroatoms. The molecule has 1 rings (SSSR count). The van der Waals surface area contributed by atoms with Crippen LogP contribution < -0.4 is 16.0 Å². The monoisotopic (exact) mass is 377 g/mol. The molecule has 1 aromatic carbocycles. The summed E-state index contributed by atoms with van der Waals surface area (Å²) in [6, 6.07) is 8.88. The zero-order valence-corrected chi connectivity index (χ0v) is 16.6. The van der Waals surface area contributed by atoms with Crippen LogP contribution in [0.2, 0.25) is 0 Å². The van der Waals surface area contributed by atoms with Gasteiger partial charge in [0.15, 0.2) is 0 Å². The fourth-order valence-electron chi connectivity index (χ4n) is 2.43. The fourth-order valence-corrected chi connectivity index (χ4v) is 2.43. The Morgan fingerprint density at radius 3 is 2.37 bits per heavy atom. The van der Waals surface area contributed by atoms with E-state index in [0.29, 0.717) is 25.8 Å². The number of ether oxygens (including phenoxy) is 1. The first-order valence-electron chi connectivity index (χ1n) is 9.18. The number of carbonyl (C=O) groups is 3. The molecule has 7 nitrogen and oxygen atoms in total. The van der Waals surface area contributed by atoms with E-state index in [1.54, 1.807) is 7.05 Å². The Bertz CT molecular complexity index is 611. The molecule has 0 aromatic heterocycles. The van der Waals surface area contributed by atoms with Gasteiger partial charge in [0.05, 0.1) is 6.54 Å². The third-order valence-corrected chi connectivity index (χ3v) is 3.62. The van der Waals surface area contributed by atoms with Crippen molar-refractivity contribution in [2.75, 3.05) is 20.1 Å². The van der Waals surface area contributed by atoms with Gasteiger partial charge in [-0.15, -0.1) is 0 Å². The summed E-state index contributed by atoms with van der Waals surface area (Å²) < 4.78 is 5.22. The predicted molar refractivity (Wildman–Crippen MR) is 104 cm³/mol. The first kappa shape index (κ1) is 22.6. The lowest BCUT2D eigenvalue weighted by Crippen LogP contribution is -2.49. The van der Waals surface area contributed by atoms with E-state index in [1.165, 1.54) is 0 Å². The molecular formula is C20H31N3O4. The second-order valence-corrected chi connectivity index (χ2v) is 7.29. The normalized spacial score (nSPS) is 12.1. The first-order valence-corrected chi connectivity index (χ1v) is 9.18. The van der Waals surface area contributed by atoms with Gasteiger partial charge in [-0.05, 0) is 39.3 Å². The lowest BCUT2D eigenvalue weighted by molar-refractivity contribution is -0.154. The molecule has 1 aromatic rings. The van der Waals surface area contributed by atoms with Crippen LogP contribution in [0.15, 0.2) is 30.3 Å². The minimum absolute atomic E-state index is 0.0800. The van der Waals surface area contributed by atoms with E-state index in [4.69, 9.17) is 4.74 Å². The Kier molecular flexibility index (Phi) is 9.50. The van der Waals surface area contributed by atoms with Gasteiger partial charge < -0.3 is 20.7 Å². The highest BCUT2D eigenvalue weighted by molar-refractivity contribution is 5.88. The summed E-state index contributed by atoms with van der Waals surface area (Å²) in [5.74, 6) is -0.759. The molecule has 0 aliphatic heterocycles. The third-order valence-electron chi connectivity index (χ3n) is 3.62. The quantitative estimate of drug-likeness (QED) is 0.420. The van der Waals surface area contributed by atoms with Gasteiger partial charge in [0.1, 0.15) is 11.6 Å². The average Bonchev–Trinajstić information content (AvgIpc) is 2.59. The van der Waals surface area contributed by atoms with Gasteiger partial charge in [-0.25, -0.2) is 0 Å². The van der Waals surface area contributed by atoms with Crippen molar-refractivity contribution in [3.8, 4) is 0 Å². The minimum atomic E-state index is -0.631. The van der Waals surface area contributed by atoms with Crippen molar-refractivity contribution in [2.45, 2.75) is 51.7 Å². The van der Waals surface area contributed by atoms with Crippen LogP contribution in [-0.4, -0.2) is 49.6 Å². The van der Waals surface area contributed by atoms with Gasteiger partial charge in [0, 0.05) is 19.9 Å². The molecule has 0 fully saturated rings. The molecule has 150 valence electrons. The molecule has 3 N–H and O–H groups in total. The molecular weight excluding hydrogens is 346 g/mol. The molecule has 27 heavy (non-hydrogen) atoms. The highest BCUT2D eigenvalue weighted by Gasteiger charge is 2.20. The van der Waals surface area contributed by atoms with Gasteiger partial charge in [-0.3, -0.25) is 14.4 Å². The first-order chi connectivity index (χ1) is 12.7. The Balaban J connectivity index is 2.33. The number of benzene rings is 1. The van der Waals surface area contributed by atoms with Crippen molar-refractivity contribution in [3.63, 3.8) is 0 Å². The number of nitrogens with one attached hydrogen (secondary N) is 3. The second kappa shape index (κ2) is 11.3. The van der Waals surface area contributed by atoms with Crippen molar-refractivity contribution >= 4 is 17.8 Å². The summed E-state index contributed by atoms with van der Waals surface area (Å²) in [4.78, 5) is 35.7. The van der Waals surface area contributed by atoms with Crippen LogP contribution in [0.4, 0.5) is 0 Å². The summed E-state index contributed by atoms with van der Waals surface area (Å²) in [6.07, 6.45) is 1.29. The molecule has 0 radical (unpaired) electrons. The van der Waals surface area contributed by atoms with E-state index >= 15 is 0 Å². The van der Waals surface area contributed by atoms with Gasteiger partial charge in [0.2, 0.25) is 11.8 Å². The maximum Gasteiger partial charge on any atom is 0.306 e. The smallest absolute Gasteiger partial charge is 0.306 e. The van der Waals surface area contributed by atoms with Gasteiger partial charge in [-0.2, -0.15) is 0 Å². The standard InChI is InChI=1S/C20H31N3O4/c1-20(2,3)27-18(25)11-8-12-22-14-17(24)23-16(19(26)21-4)13-15-9-6-5-7-10-15/h5-7,9-10,16,22H,8,11-14H2,1-4H3,(H,21,26)(H,23,24)/t16-/m0/s1. The maximum absolute atomic E-state index is 12.1. The lowest BCUT2D eigenvalue weighted by atomic mass is 10.1. The summed E-state index contributed by atoms with van der Waals surface area (Å²) in [5, 5.41) is 8.29. The molecule has 0 aliphatic rings. The van der Waals surface area contributed by atoms with Crippen LogP contribution in [0.1, 0.15) is 39.2 Å². The largest absolute Gasteiger partial charge is 0.460 e. The van der Waals surface area contributed by atoms with E-state index in [2.05, 4.69) is 16.0 Å². The van der Waals surface area contributed by atoms with Crippen molar-refractivity contribution < 1.29 is 19.1 Å². The van der Waals surface area contributed by atoms with Crippen molar-refractivity contribution in [1.29, 1.82) is 0 Å². The highest BCUT2D eigenvalue weighted by atomic mass is 16.6. The van der Waals surface area contributed by atoms with E-state index in [0.717, 1.165) is 5.56 Å². The van der Waals surface area contributed by atoms with Gasteiger partial charge in [-0.1, -0.05) is 30.3 Å². The zero-order chi connectivity index (χ0) is 20.3. The summed E-state index contributed by atoms with van der Waals surface area (Å²) in [5.41, 5.74) is 0.481. The third kappa shape index (κ3) is 10.4. The van der Waals surface area contributed by atoms with E-state index in [1.807, 2.05) is 51.1 Å². The molecule has 0 unspecified atom stereocenters. The number of likely N-dealkylation sites (N-methyl/N-ethyl adjacent to an activating group) is 1. The van der Waals surface area contributed by atoms with Crippen molar-refractivity contribution in [3.05, 3.63) is 35.9 Å². The van der Waals surface area contributed by atoms with E-state index < -0.39 is 11.6 Å². The maximum atomic E-state index is 12.1. The number of rotatable bonds is 10. The van der Waals surface area contributed by atoms with Crippen LogP contribution in [-0.2, 0) is 25.5 Å².